The first-order chi connectivity index (χ1) is 9.24. The second-order valence-electron chi connectivity index (χ2n) is 5.32. The first kappa shape index (κ1) is 18.9. The predicted molar refractivity (Wildman–Crippen MR) is 90.9 cm³/mol. The molecule has 0 bridgehead atoms. The van der Waals surface area contributed by atoms with Crippen molar-refractivity contribution in [1.82, 2.24) is 9.13 Å². The molecule has 0 aliphatic rings. The highest BCUT2D eigenvalue weighted by Crippen LogP contribution is 2.09. The fourth-order valence-corrected chi connectivity index (χ4v) is 6.19. The zero-order valence-corrected chi connectivity index (χ0v) is 15.1. The van der Waals surface area contributed by atoms with Gasteiger partial charge in [0, 0.05) is 0 Å². The summed E-state index contributed by atoms with van der Waals surface area (Å²) in [5.74, 6) is 0. The van der Waals surface area contributed by atoms with Crippen molar-refractivity contribution in [3.05, 3.63) is 11.8 Å². The van der Waals surface area contributed by atoms with Crippen LogP contribution in [0.3, 0.4) is 0 Å². The van der Waals surface area contributed by atoms with Gasteiger partial charge in [-0.05, 0) is 58.3 Å². The van der Waals surface area contributed by atoms with Crippen LogP contribution in [0.4, 0.5) is 0 Å². The molecular formula is C16H36N2Si. The fraction of sp³-hybridized carbons (Fsp3) is 0.875. The van der Waals surface area contributed by atoms with Crippen LogP contribution in [0.1, 0.15) is 66.7 Å². The first-order valence-corrected chi connectivity index (χ1v) is 10.1. The van der Waals surface area contributed by atoms with Gasteiger partial charge in [0.25, 0.3) is 0 Å². The summed E-state index contributed by atoms with van der Waals surface area (Å²) >= 11 is 0. The minimum atomic E-state index is -1.07. The molecule has 0 N–H and O–H groups in total. The largest absolute Gasteiger partial charge is 0.311 e. The third kappa shape index (κ3) is 7.90. The Labute approximate surface area is 123 Å². The van der Waals surface area contributed by atoms with Crippen molar-refractivity contribution in [2.24, 2.45) is 0 Å². The van der Waals surface area contributed by atoms with Crippen LogP contribution in [0.25, 0.3) is 0 Å². The van der Waals surface area contributed by atoms with Crippen LogP contribution in [-0.4, -0.2) is 44.4 Å². The second kappa shape index (κ2) is 12.9. The fourth-order valence-electron chi connectivity index (χ4n) is 2.63. The van der Waals surface area contributed by atoms with E-state index in [1.807, 2.05) is 0 Å². The molecular weight excluding hydrogens is 248 g/mol. The molecule has 0 atom stereocenters. The molecule has 0 saturated carbocycles. The van der Waals surface area contributed by atoms with Gasteiger partial charge in [0.05, 0.1) is 0 Å². The van der Waals surface area contributed by atoms with Crippen LogP contribution < -0.4 is 0 Å². The summed E-state index contributed by atoms with van der Waals surface area (Å²) in [6, 6.07) is 0. The van der Waals surface area contributed by atoms with Gasteiger partial charge in [-0.3, -0.25) is 0 Å². The van der Waals surface area contributed by atoms with E-state index in [1.54, 1.807) is 0 Å². The topological polar surface area (TPSA) is 6.48 Å². The lowest BCUT2D eigenvalue weighted by atomic mass is 10.4. The van der Waals surface area contributed by atoms with E-state index in [0.29, 0.717) is 0 Å². The molecule has 0 unspecified atom stereocenters. The molecule has 0 aliphatic carbocycles. The smallest absolute Gasteiger partial charge is 0.215 e. The Balaban J connectivity index is 4.92. The molecule has 0 aromatic heterocycles. The Morgan fingerprint density at radius 1 is 0.684 bits per heavy atom. The van der Waals surface area contributed by atoms with Gasteiger partial charge in [-0.1, -0.05) is 46.4 Å². The lowest BCUT2D eigenvalue weighted by Gasteiger charge is -2.36. The normalized spacial score (nSPS) is 12.4. The number of hydrogen-bond donors (Lipinski definition) is 0. The number of nitrogens with zero attached hydrogens (tertiary/aromatic N) is 2. The highest BCUT2D eigenvalue weighted by atomic mass is 28.3. The summed E-state index contributed by atoms with van der Waals surface area (Å²) in [6.45, 7) is 16.5. The molecule has 0 saturated heterocycles. The van der Waals surface area contributed by atoms with Crippen LogP contribution >= 0.6 is 0 Å². The lowest BCUT2D eigenvalue weighted by molar-refractivity contribution is 0.346. The SMILES string of the molecule is CCC=C[SiH](N(CCC)CCC)N(CCC)CCC. The zero-order valence-electron chi connectivity index (χ0n) is 14.0. The molecule has 114 valence electrons. The summed E-state index contributed by atoms with van der Waals surface area (Å²) in [6.07, 6.45) is 8.66. The van der Waals surface area contributed by atoms with E-state index < -0.39 is 9.12 Å². The Morgan fingerprint density at radius 3 is 1.32 bits per heavy atom. The van der Waals surface area contributed by atoms with E-state index in [2.05, 4.69) is 55.5 Å². The zero-order chi connectivity index (χ0) is 14.5. The van der Waals surface area contributed by atoms with Crippen molar-refractivity contribution < 1.29 is 0 Å². The average Bonchev–Trinajstić information content (AvgIpc) is 2.40. The van der Waals surface area contributed by atoms with Crippen molar-refractivity contribution in [2.75, 3.05) is 26.2 Å². The second-order valence-corrected chi connectivity index (χ2v) is 7.99. The predicted octanol–water partition coefficient (Wildman–Crippen LogP) is 3.96. The quantitative estimate of drug-likeness (QED) is 0.501. The standard InChI is InChI=1S/C16H36N2Si/c1-6-11-16-19(17(12-7-2)13-8-3)18(14-9-4)15-10-5/h11,16,19H,6-10,12-15H2,1-5H3. The van der Waals surface area contributed by atoms with Crippen molar-refractivity contribution >= 4 is 9.12 Å². The highest BCUT2D eigenvalue weighted by molar-refractivity contribution is 6.58. The molecule has 0 amide bonds. The molecule has 0 rings (SSSR count). The molecule has 2 nitrogen and oxygen atoms in total. The molecule has 0 aromatic rings. The monoisotopic (exact) mass is 284 g/mol. The van der Waals surface area contributed by atoms with E-state index in [-0.39, 0.29) is 0 Å². The maximum Gasteiger partial charge on any atom is 0.215 e. The van der Waals surface area contributed by atoms with E-state index in [4.69, 9.17) is 0 Å². The van der Waals surface area contributed by atoms with Gasteiger partial charge < -0.3 is 9.13 Å². The van der Waals surface area contributed by atoms with Crippen molar-refractivity contribution in [1.29, 1.82) is 0 Å². The first-order valence-electron chi connectivity index (χ1n) is 8.39. The molecule has 19 heavy (non-hydrogen) atoms. The van der Waals surface area contributed by atoms with Gasteiger partial charge in [0.2, 0.25) is 9.12 Å². The maximum absolute atomic E-state index is 2.79. The summed E-state index contributed by atoms with van der Waals surface area (Å²) in [7, 11) is -1.07. The summed E-state index contributed by atoms with van der Waals surface area (Å²) < 4.78 is 5.58. The minimum absolute atomic E-state index is 1.07. The van der Waals surface area contributed by atoms with E-state index >= 15 is 0 Å². The lowest BCUT2D eigenvalue weighted by Crippen LogP contribution is -2.53. The van der Waals surface area contributed by atoms with Gasteiger partial charge in [-0.15, -0.1) is 0 Å². The van der Waals surface area contributed by atoms with Crippen LogP contribution in [0, 0.1) is 0 Å². The Bertz CT molecular complexity index is 191. The summed E-state index contributed by atoms with van der Waals surface area (Å²) in [5.41, 5.74) is 2.57. The van der Waals surface area contributed by atoms with Gasteiger partial charge in [0.15, 0.2) is 0 Å². The Hall–Kier alpha value is -0.123. The van der Waals surface area contributed by atoms with E-state index in [0.717, 1.165) is 0 Å². The third-order valence-corrected chi connectivity index (χ3v) is 6.48. The third-order valence-electron chi connectivity index (χ3n) is 3.34. The van der Waals surface area contributed by atoms with Crippen LogP contribution in [0.2, 0.25) is 0 Å². The van der Waals surface area contributed by atoms with Crippen LogP contribution in [0.5, 0.6) is 0 Å². The summed E-state index contributed by atoms with van der Waals surface area (Å²) in [5, 5.41) is 0. The molecule has 0 aromatic carbocycles. The van der Waals surface area contributed by atoms with Crippen molar-refractivity contribution in [3.63, 3.8) is 0 Å². The van der Waals surface area contributed by atoms with E-state index in [1.165, 1.54) is 58.3 Å². The molecule has 0 aliphatic heterocycles. The number of hydrogen-bond acceptors (Lipinski definition) is 2. The highest BCUT2D eigenvalue weighted by Gasteiger charge is 2.22. The van der Waals surface area contributed by atoms with Gasteiger partial charge >= 0.3 is 0 Å². The van der Waals surface area contributed by atoms with Crippen LogP contribution in [-0.2, 0) is 0 Å². The van der Waals surface area contributed by atoms with Crippen LogP contribution in [0.15, 0.2) is 11.8 Å². The molecule has 0 fully saturated rings. The van der Waals surface area contributed by atoms with Gasteiger partial charge in [-0.25, -0.2) is 0 Å². The van der Waals surface area contributed by atoms with Gasteiger partial charge in [0.1, 0.15) is 0 Å². The molecule has 3 heteroatoms. The minimum Gasteiger partial charge on any atom is -0.311 e. The molecule has 0 spiro atoms. The Morgan fingerprint density at radius 2 is 1.05 bits per heavy atom. The van der Waals surface area contributed by atoms with Crippen molar-refractivity contribution in [3.8, 4) is 0 Å². The maximum atomic E-state index is 2.79. The molecule has 0 heterocycles. The Kier molecular flexibility index (Phi) is 12.8. The summed E-state index contributed by atoms with van der Waals surface area (Å²) in [4.78, 5) is 0. The van der Waals surface area contributed by atoms with Gasteiger partial charge in [-0.2, -0.15) is 0 Å². The average molecular weight is 285 g/mol. The van der Waals surface area contributed by atoms with Crippen molar-refractivity contribution in [2.45, 2.75) is 66.7 Å². The van der Waals surface area contributed by atoms with E-state index in [9.17, 15) is 0 Å². The number of rotatable bonds is 12. The molecule has 0 radical (unpaired) electrons. The number of allylic oxidation sites excluding steroid dienone is 1.